The Bertz CT molecular complexity index is 982. The predicted molar refractivity (Wildman–Crippen MR) is 117 cm³/mol. The molecular weight excluding hydrogens is 464 g/mol. The van der Waals surface area contributed by atoms with Crippen LogP contribution in [0.3, 0.4) is 0 Å². The number of amides is 1. The number of hydrogen-bond acceptors (Lipinski definition) is 3. The summed E-state index contributed by atoms with van der Waals surface area (Å²) in [7, 11) is 0. The standard InChI is InChI=1S/C22H25Cl2F3N4O/c1-14(12-31-19(15-2-3-15)11-20(28-31)22(25,26)27)21(32)30-8-6-29(7-9-30)13-16-4-5-17(23)10-18(16)24/h4-5,10-11,14-15H,2-3,6-9,12-13H2,1H3. The molecule has 1 aliphatic carbocycles. The van der Waals surface area contributed by atoms with Crippen LogP contribution in [0.1, 0.15) is 42.6 Å². The molecule has 10 heteroatoms. The summed E-state index contributed by atoms with van der Waals surface area (Å²) in [6.45, 7) is 5.12. The normalized spacial score (nSPS) is 18.8. The van der Waals surface area contributed by atoms with Crippen LogP contribution < -0.4 is 0 Å². The number of rotatable bonds is 6. The van der Waals surface area contributed by atoms with E-state index in [-0.39, 0.29) is 18.4 Å². The maximum absolute atomic E-state index is 13.1. The highest BCUT2D eigenvalue weighted by Crippen LogP contribution is 2.42. The Morgan fingerprint density at radius 2 is 1.84 bits per heavy atom. The Hall–Kier alpha value is -1.77. The third kappa shape index (κ3) is 5.41. The molecule has 1 unspecified atom stereocenters. The maximum atomic E-state index is 13.1. The molecule has 1 saturated heterocycles. The molecule has 0 spiro atoms. The van der Waals surface area contributed by atoms with E-state index < -0.39 is 17.8 Å². The number of benzene rings is 1. The molecule has 2 fully saturated rings. The highest BCUT2D eigenvalue weighted by molar-refractivity contribution is 6.35. The van der Waals surface area contributed by atoms with Crippen LogP contribution in [0.5, 0.6) is 0 Å². The van der Waals surface area contributed by atoms with Gasteiger partial charge in [0.15, 0.2) is 5.69 Å². The van der Waals surface area contributed by atoms with Gasteiger partial charge < -0.3 is 4.90 Å². The minimum Gasteiger partial charge on any atom is -0.340 e. The van der Waals surface area contributed by atoms with Crippen molar-refractivity contribution < 1.29 is 18.0 Å². The Balaban J connectivity index is 1.34. The highest BCUT2D eigenvalue weighted by atomic mass is 35.5. The van der Waals surface area contributed by atoms with Gasteiger partial charge in [0.05, 0.1) is 12.5 Å². The molecule has 0 radical (unpaired) electrons. The van der Waals surface area contributed by atoms with E-state index in [4.69, 9.17) is 23.2 Å². The van der Waals surface area contributed by atoms with Gasteiger partial charge in [0.1, 0.15) is 0 Å². The van der Waals surface area contributed by atoms with Gasteiger partial charge in [-0.3, -0.25) is 14.4 Å². The summed E-state index contributed by atoms with van der Waals surface area (Å²) >= 11 is 12.2. The third-order valence-electron chi connectivity index (χ3n) is 6.06. The molecule has 0 bridgehead atoms. The molecule has 1 aromatic carbocycles. The van der Waals surface area contributed by atoms with Gasteiger partial charge in [-0.05, 0) is 36.6 Å². The SMILES string of the molecule is CC(Cn1nc(C(F)(F)F)cc1C1CC1)C(=O)N1CCN(Cc2ccc(Cl)cc2Cl)CC1. The minimum absolute atomic E-state index is 0.0556. The fraction of sp³-hybridized carbons (Fsp3) is 0.545. The number of aromatic nitrogens is 2. The molecule has 1 amide bonds. The summed E-state index contributed by atoms with van der Waals surface area (Å²) in [6.07, 6.45) is -2.75. The average molecular weight is 489 g/mol. The third-order valence-corrected chi connectivity index (χ3v) is 6.65. The molecule has 174 valence electrons. The molecule has 0 N–H and O–H groups in total. The number of hydrogen-bond donors (Lipinski definition) is 0. The van der Waals surface area contributed by atoms with Crippen molar-refractivity contribution in [3.8, 4) is 0 Å². The molecular formula is C22H25Cl2F3N4O. The van der Waals surface area contributed by atoms with Crippen LogP contribution in [0.4, 0.5) is 13.2 Å². The summed E-state index contributed by atoms with van der Waals surface area (Å²) < 4.78 is 40.7. The van der Waals surface area contributed by atoms with Gasteiger partial charge in [-0.25, -0.2) is 0 Å². The Morgan fingerprint density at radius 3 is 2.44 bits per heavy atom. The van der Waals surface area contributed by atoms with Crippen molar-refractivity contribution in [3.63, 3.8) is 0 Å². The second-order valence-corrected chi connectivity index (χ2v) is 9.49. The van der Waals surface area contributed by atoms with E-state index in [1.54, 1.807) is 24.0 Å². The molecule has 1 atom stereocenters. The first-order valence-corrected chi connectivity index (χ1v) is 11.5. The molecule has 2 aromatic rings. The first kappa shape index (κ1) is 23.4. The van der Waals surface area contributed by atoms with E-state index in [0.29, 0.717) is 48.5 Å². The van der Waals surface area contributed by atoms with Crippen molar-refractivity contribution in [2.75, 3.05) is 26.2 Å². The van der Waals surface area contributed by atoms with Crippen LogP contribution >= 0.6 is 23.2 Å². The van der Waals surface area contributed by atoms with Gasteiger partial charge in [-0.1, -0.05) is 36.2 Å². The molecule has 1 aromatic heterocycles. The van der Waals surface area contributed by atoms with Crippen LogP contribution in [0, 0.1) is 5.92 Å². The average Bonchev–Trinajstić information content (AvgIpc) is 3.49. The van der Waals surface area contributed by atoms with Crippen LogP contribution in [0.2, 0.25) is 10.0 Å². The number of alkyl halides is 3. The first-order valence-electron chi connectivity index (χ1n) is 10.7. The summed E-state index contributed by atoms with van der Waals surface area (Å²) in [4.78, 5) is 17.0. The van der Waals surface area contributed by atoms with Crippen molar-refractivity contribution in [2.24, 2.45) is 5.92 Å². The lowest BCUT2D eigenvalue weighted by Crippen LogP contribution is -2.50. The van der Waals surface area contributed by atoms with E-state index in [0.717, 1.165) is 24.5 Å². The summed E-state index contributed by atoms with van der Waals surface area (Å²) in [6, 6.07) is 6.56. The Labute approximate surface area is 195 Å². The second-order valence-electron chi connectivity index (χ2n) is 8.65. The minimum atomic E-state index is -4.48. The highest BCUT2D eigenvalue weighted by Gasteiger charge is 2.38. The quantitative estimate of drug-likeness (QED) is 0.570. The van der Waals surface area contributed by atoms with Crippen LogP contribution in [-0.4, -0.2) is 51.7 Å². The van der Waals surface area contributed by atoms with Crippen LogP contribution in [0.25, 0.3) is 0 Å². The topological polar surface area (TPSA) is 41.4 Å². The fourth-order valence-corrected chi connectivity index (χ4v) is 4.56. The number of nitrogens with zero attached hydrogens (tertiary/aromatic N) is 4. The first-order chi connectivity index (χ1) is 15.1. The molecule has 1 aliphatic heterocycles. The fourth-order valence-electron chi connectivity index (χ4n) is 4.09. The van der Waals surface area contributed by atoms with Crippen molar-refractivity contribution in [1.82, 2.24) is 19.6 Å². The molecule has 4 rings (SSSR count). The van der Waals surface area contributed by atoms with Gasteiger partial charge in [0, 0.05) is 54.4 Å². The number of carbonyl (C=O) groups excluding carboxylic acids is 1. The van der Waals surface area contributed by atoms with Gasteiger partial charge in [-0.15, -0.1) is 0 Å². The lowest BCUT2D eigenvalue weighted by atomic mass is 10.1. The zero-order valence-electron chi connectivity index (χ0n) is 17.7. The molecule has 5 nitrogen and oxygen atoms in total. The Kier molecular flexibility index (Phi) is 6.75. The molecule has 32 heavy (non-hydrogen) atoms. The zero-order chi connectivity index (χ0) is 23.0. The Morgan fingerprint density at radius 1 is 1.16 bits per heavy atom. The molecule has 2 heterocycles. The monoisotopic (exact) mass is 488 g/mol. The van der Waals surface area contributed by atoms with Crippen molar-refractivity contribution in [2.45, 2.75) is 44.9 Å². The van der Waals surface area contributed by atoms with E-state index in [9.17, 15) is 18.0 Å². The smallest absolute Gasteiger partial charge is 0.340 e. The molecule has 1 saturated carbocycles. The van der Waals surface area contributed by atoms with Gasteiger partial charge in [0.2, 0.25) is 5.91 Å². The summed E-state index contributed by atoms with van der Waals surface area (Å²) in [5.41, 5.74) is 0.686. The van der Waals surface area contributed by atoms with Crippen molar-refractivity contribution in [1.29, 1.82) is 0 Å². The zero-order valence-corrected chi connectivity index (χ0v) is 19.2. The molecule has 2 aliphatic rings. The van der Waals surface area contributed by atoms with Crippen molar-refractivity contribution >= 4 is 29.1 Å². The maximum Gasteiger partial charge on any atom is 0.435 e. The van der Waals surface area contributed by atoms with E-state index in [1.165, 1.54) is 4.68 Å². The van der Waals surface area contributed by atoms with Crippen LogP contribution in [-0.2, 0) is 24.1 Å². The van der Waals surface area contributed by atoms with E-state index in [1.807, 2.05) is 6.07 Å². The largest absolute Gasteiger partial charge is 0.435 e. The van der Waals surface area contributed by atoms with Gasteiger partial charge in [-0.2, -0.15) is 18.3 Å². The summed E-state index contributed by atoms with van der Waals surface area (Å²) in [5.74, 6) is -0.394. The van der Waals surface area contributed by atoms with Gasteiger partial charge in [0.25, 0.3) is 0 Å². The van der Waals surface area contributed by atoms with Crippen molar-refractivity contribution in [3.05, 3.63) is 51.3 Å². The van der Waals surface area contributed by atoms with Crippen LogP contribution in [0.15, 0.2) is 24.3 Å². The lowest BCUT2D eigenvalue weighted by Gasteiger charge is -2.36. The summed E-state index contributed by atoms with van der Waals surface area (Å²) in [5, 5.41) is 4.98. The predicted octanol–water partition coefficient (Wildman–Crippen LogP) is 5.07. The van der Waals surface area contributed by atoms with Gasteiger partial charge >= 0.3 is 6.18 Å². The number of piperazine rings is 1. The second kappa shape index (κ2) is 9.23. The lowest BCUT2D eigenvalue weighted by molar-refractivity contribution is -0.141. The number of halogens is 5. The van der Waals surface area contributed by atoms with E-state index >= 15 is 0 Å². The number of carbonyl (C=O) groups is 1. The van der Waals surface area contributed by atoms with E-state index in [2.05, 4.69) is 10.00 Å².